The van der Waals surface area contributed by atoms with Gasteiger partial charge in [-0.3, -0.25) is 9.36 Å². The average molecular weight is 851 g/mol. The van der Waals surface area contributed by atoms with Crippen LogP contribution >= 0.6 is 7.82 Å². The summed E-state index contributed by atoms with van der Waals surface area (Å²) in [5.41, 5.74) is 0. The zero-order valence-corrected chi connectivity index (χ0v) is 40.1. The Kier molecular flexibility index (Phi) is 40.7. The molecule has 3 atom stereocenters. The van der Waals surface area contributed by atoms with E-state index < -0.39 is 26.6 Å². The first-order valence-electron chi connectivity index (χ1n) is 24.5. The fourth-order valence-electron chi connectivity index (χ4n) is 6.83. The summed E-state index contributed by atoms with van der Waals surface area (Å²) in [7, 11) is 1.23. The zero-order valence-electron chi connectivity index (χ0n) is 39.2. The smallest absolute Gasteiger partial charge is 0.268 e. The Hall–Kier alpha value is -1.54. The van der Waals surface area contributed by atoms with Gasteiger partial charge in [0.1, 0.15) is 13.2 Å². The van der Waals surface area contributed by atoms with Crippen molar-refractivity contribution < 1.29 is 32.9 Å². The van der Waals surface area contributed by atoms with Crippen LogP contribution in [0, 0.1) is 0 Å². The van der Waals surface area contributed by atoms with Crippen LogP contribution in [0.15, 0.2) is 48.6 Å². The van der Waals surface area contributed by atoms with Crippen LogP contribution in [0.4, 0.5) is 0 Å². The van der Waals surface area contributed by atoms with Gasteiger partial charge in [-0.25, -0.2) is 0 Å². The number of carbonyl (C=O) groups excluding carboxylic acids is 1. The molecule has 0 aromatic heterocycles. The Bertz CT molecular complexity index is 1100. The summed E-state index contributed by atoms with van der Waals surface area (Å²) in [4.78, 5) is 25.3. The van der Waals surface area contributed by atoms with Crippen molar-refractivity contribution in [1.29, 1.82) is 0 Å². The number of quaternary nitrogens is 1. The van der Waals surface area contributed by atoms with Crippen molar-refractivity contribution in [2.24, 2.45) is 0 Å². The zero-order chi connectivity index (χ0) is 43.6. The van der Waals surface area contributed by atoms with Crippen molar-refractivity contribution in [2.75, 3.05) is 40.9 Å². The van der Waals surface area contributed by atoms with Crippen molar-refractivity contribution in [3.8, 4) is 0 Å². The van der Waals surface area contributed by atoms with Gasteiger partial charge >= 0.3 is 0 Å². The average Bonchev–Trinajstić information content (AvgIpc) is 3.19. The molecule has 0 saturated heterocycles. The molecule has 0 spiro atoms. The van der Waals surface area contributed by atoms with Gasteiger partial charge in [-0.05, 0) is 70.6 Å². The second-order valence-electron chi connectivity index (χ2n) is 17.8. The van der Waals surface area contributed by atoms with Gasteiger partial charge in [0, 0.05) is 6.42 Å². The number of nitrogens with one attached hydrogen (secondary N) is 1. The molecule has 0 aliphatic carbocycles. The Balaban J connectivity index is 4.37. The number of phosphoric acid groups is 1. The van der Waals surface area contributed by atoms with Gasteiger partial charge in [0.15, 0.2) is 0 Å². The number of allylic oxidation sites excluding steroid dienone is 7. The molecule has 1 amide bonds. The number of rotatable bonds is 44. The molecule has 0 aliphatic rings. The van der Waals surface area contributed by atoms with Crippen LogP contribution < -0.4 is 10.2 Å². The lowest BCUT2D eigenvalue weighted by Gasteiger charge is -2.29. The number of likely N-dealkylation sites (N-methyl/N-ethyl adjacent to an activating group) is 1. The highest BCUT2D eigenvalue weighted by Crippen LogP contribution is 2.38. The van der Waals surface area contributed by atoms with E-state index >= 15 is 0 Å². The molecule has 0 bridgehead atoms. The van der Waals surface area contributed by atoms with E-state index in [-0.39, 0.29) is 12.5 Å². The predicted octanol–water partition coefficient (Wildman–Crippen LogP) is 13.4. The number of phosphoric ester groups is 1. The summed E-state index contributed by atoms with van der Waals surface area (Å²) in [6.07, 6.45) is 53.1. The highest BCUT2D eigenvalue weighted by atomic mass is 31.2. The molecule has 0 rings (SSSR count). The Morgan fingerprint density at radius 3 is 1.37 bits per heavy atom. The van der Waals surface area contributed by atoms with Crippen molar-refractivity contribution in [1.82, 2.24) is 5.32 Å². The molecule has 0 aromatic carbocycles. The van der Waals surface area contributed by atoms with Gasteiger partial charge < -0.3 is 28.8 Å². The maximum atomic E-state index is 12.9. The number of carbonyl (C=O) groups is 1. The number of aliphatic hydroxyl groups excluding tert-OH is 1. The number of hydrogen-bond acceptors (Lipinski definition) is 6. The van der Waals surface area contributed by atoms with Crippen molar-refractivity contribution in [3.05, 3.63) is 48.6 Å². The van der Waals surface area contributed by atoms with Crippen LogP contribution in [-0.4, -0.2) is 68.5 Å². The van der Waals surface area contributed by atoms with E-state index in [4.69, 9.17) is 9.05 Å². The van der Waals surface area contributed by atoms with Gasteiger partial charge in [-0.1, -0.05) is 184 Å². The molecule has 8 nitrogen and oxygen atoms in total. The summed E-state index contributed by atoms with van der Waals surface area (Å²) in [6.45, 7) is 4.60. The third-order valence-electron chi connectivity index (χ3n) is 10.7. The Morgan fingerprint density at radius 1 is 0.576 bits per heavy atom. The Labute approximate surface area is 365 Å². The van der Waals surface area contributed by atoms with Crippen molar-refractivity contribution in [2.45, 2.75) is 225 Å². The van der Waals surface area contributed by atoms with Crippen LogP contribution in [-0.2, 0) is 18.4 Å². The maximum Gasteiger partial charge on any atom is 0.268 e. The lowest BCUT2D eigenvalue weighted by atomic mass is 10.0. The quantitative estimate of drug-likeness (QED) is 0.0274. The molecule has 0 aromatic rings. The van der Waals surface area contributed by atoms with Crippen molar-refractivity contribution in [3.63, 3.8) is 0 Å². The first kappa shape index (κ1) is 57.5. The second kappa shape index (κ2) is 41.8. The summed E-state index contributed by atoms with van der Waals surface area (Å²) >= 11 is 0. The third kappa shape index (κ3) is 44.3. The van der Waals surface area contributed by atoms with E-state index in [2.05, 4.69) is 55.6 Å². The first-order chi connectivity index (χ1) is 28.5. The summed E-state index contributed by atoms with van der Waals surface area (Å²) in [5, 5.41) is 13.8. The molecule has 59 heavy (non-hydrogen) atoms. The van der Waals surface area contributed by atoms with E-state index in [9.17, 15) is 19.4 Å². The normalized spacial score (nSPS) is 14.6. The SMILES string of the molecule is CCCCCCC/C=C/CC/C=C/CC/C=C/C(O)C(COP(=O)([O-])OCC[N+](C)(C)C)NC(=O)CCCCCCCCC/C=C\CCCCCCCCCCCCC. The molecule has 0 fully saturated rings. The molecule has 0 radical (unpaired) electrons. The predicted molar refractivity (Wildman–Crippen MR) is 251 cm³/mol. The number of amides is 1. The fraction of sp³-hybridized carbons (Fsp3) is 0.820. The maximum absolute atomic E-state index is 12.9. The van der Waals surface area contributed by atoms with Crippen LogP contribution in [0.25, 0.3) is 0 Å². The van der Waals surface area contributed by atoms with E-state index in [0.29, 0.717) is 17.4 Å². The minimum Gasteiger partial charge on any atom is -0.756 e. The molecule has 346 valence electrons. The minimum atomic E-state index is -4.60. The van der Waals surface area contributed by atoms with Crippen molar-refractivity contribution >= 4 is 13.7 Å². The number of nitrogens with zero attached hydrogens (tertiary/aromatic N) is 1. The molecule has 9 heteroatoms. The number of unbranched alkanes of at least 4 members (excludes halogenated alkanes) is 25. The standard InChI is InChI=1S/C50H95N2O6P/c1-6-8-10-12-14-16-18-20-22-23-24-25-26-27-28-30-32-34-36-38-40-42-44-50(54)51-48(47-58-59(55,56)57-46-45-52(3,4)5)49(53)43-41-39-37-35-33-31-29-21-19-17-15-13-11-9-7-2/h19,21,26-27,33,35,41,43,48-49,53H,6-18,20,22-25,28-32,34,36-40,42,44-47H2,1-5H3,(H-,51,54,55,56)/b21-19+,27-26-,35-33+,43-41+. The lowest BCUT2D eigenvalue weighted by Crippen LogP contribution is -2.45. The molecule has 3 unspecified atom stereocenters. The van der Waals surface area contributed by atoms with E-state index in [1.54, 1.807) is 6.08 Å². The topological polar surface area (TPSA) is 108 Å². The molecule has 2 N–H and O–H groups in total. The van der Waals surface area contributed by atoms with Gasteiger partial charge in [-0.2, -0.15) is 0 Å². The van der Waals surface area contributed by atoms with E-state index in [1.807, 2.05) is 27.2 Å². The van der Waals surface area contributed by atoms with Crippen LogP contribution in [0.5, 0.6) is 0 Å². The van der Waals surface area contributed by atoms with Gasteiger partial charge in [0.2, 0.25) is 5.91 Å². The van der Waals surface area contributed by atoms with Gasteiger partial charge in [-0.15, -0.1) is 0 Å². The molecule has 0 saturated carbocycles. The first-order valence-corrected chi connectivity index (χ1v) is 26.0. The summed E-state index contributed by atoms with van der Waals surface area (Å²) in [5.74, 6) is -0.217. The lowest BCUT2D eigenvalue weighted by molar-refractivity contribution is -0.870. The minimum absolute atomic E-state index is 0.0107. The van der Waals surface area contributed by atoms with E-state index in [0.717, 1.165) is 44.9 Å². The molecule has 0 heterocycles. The third-order valence-corrected chi connectivity index (χ3v) is 11.7. The van der Waals surface area contributed by atoms with Gasteiger partial charge in [0.05, 0.1) is 39.9 Å². The highest BCUT2D eigenvalue weighted by molar-refractivity contribution is 7.45. The van der Waals surface area contributed by atoms with Gasteiger partial charge in [0.25, 0.3) is 7.82 Å². The summed E-state index contributed by atoms with van der Waals surface area (Å²) in [6, 6.07) is -0.911. The second-order valence-corrected chi connectivity index (χ2v) is 19.2. The molecular weight excluding hydrogens is 756 g/mol. The number of hydrogen-bond donors (Lipinski definition) is 2. The number of aliphatic hydroxyl groups is 1. The largest absolute Gasteiger partial charge is 0.756 e. The highest BCUT2D eigenvalue weighted by Gasteiger charge is 2.23. The Morgan fingerprint density at radius 2 is 0.949 bits per heavy atom. The summed E-state index contributed by atoms with van der Waals surface area (Å²) < 4.78 is 23.2. The monoisotopic (exact) mass is 851 g/mol. The van der Waals surface area contributed by atoms with Crippen LogP contribution in [0.3, 0.4) is 0 Å². The molecular formula is C50H95N2O6P. The van der Waals surface area contributed by atoms with Crippen LogP contribution in [0.2, 0.25) is 0 Å². The van der Waals surface area contributed by atoms with Crippen LogP contribution in [0.1, 0.15) is 213 Å². The fourth-order valence-corrected chi connectivity index (χ4v) is 7.55. The molecule has 0 aliphatic heterocycles. The van der Waals surface area contributed by atoms with E-state index in [1.165, 1.54) is 148 Å².